The molecule has 0 saturated heterocycles. The molecular weight excluding hydrogens is 832 g/mol. The lowest BCUT2D eigenvalue weighted by Gasteiger charge is -2.45. The van der Waals surface area contributed by atoms with Crippen molar-refractivity contribution in [1.29, 1.82) is 5.26 Å². The Hall–Kier alpha value is -7.17. The zero-order valence-electron chi connectivity index (χ0n) is 41.2. The van der Waals surface area contributed by atoms with Crippen LogP contribution in [-0.4, -0.2) is 11.3 Å². The molecule has 7 aromatic carbocycles. The standard InChI is InChI=1S/C61H55BN4O2/c1-58(2,3)34-20-22-43-39(26-34)40-28-36(60(7,8)9)30-47-54(40)64(43)48-31-37(61(10,11)12)29-42-56(48)66(47)46-25-33(32-63)24-45-53(46)62(42)57-55(41-27-35(59(4,5)6)21-23-50(41)68-57)65(45)44-17-15-19-51-52(44)38-16-13-14-18-49(38)67-51/h13-31H,1-12H3. The van der Waals surface area contributed by atoms with Crippen molar-refractivity contribution in [3.05, 3.63) is 143 Å². The van der Waals surface area contributed by atoms with Crippen LogP contribution in [0.2, 0.25) is 0 Å². The SMILES string of the molecule is CC(C)(C)c1cc2c3c(c1)-n1c4ccc(C(C)(C)C)cc4c4cc(C(C)(C)C)cc(c41)N3c1cc(C#N)cc3c1B2c1oc2ccc(C(C)(C)C)cc2c1N3c1cccc2oc3ccccc3c12. The molecule has 0 amide bonds. The summed E-state index contributed by atoms with van der Waals surface area (Å²) in [6, 6.07) is 45.2. The summed E-state index contributed by atoms with van der Waals surface area (Å²) in [6.07, 6.45) is 0. The maximum absolute atomic E-state index is 11.2. The van der Waals surface area contributed by atoms with E-state index in [-0.39, 0.29) is 28.4 Å². The molecule has 3 aliphatic rings. The van der Waals surface area contributed by atoms with Crippen LogP contribution in [0.4, 0.5) is 34.1 Å². The van der Waals surface area contributed by atoms with Gasteiger partial charge in [-0.15, -0.1) is 0 Å². The number of benzene rings is 7. The van der Waals surface area contributed by atoms with Gasteiger partial charge in [0.1, 0.15) is 16.7 Å². The van der Waals surface area contributed by atoms with Gasteiger partial charge in [-0.05, 0) is 128 Å². The van der Waals surface area contributed by atoms with Crippen LogP contribution >= 0.6 is 0 Å². The average molecular weight is 887 g/mol. The second kappa shape index (κ2) is 13.1. The third-order valence-corrected chi connectivity index (χ3v) is 15.3. The van der Waals surface area contributed by atoms with Crippen LogP contribution in [0.3, 0.4) is 0 Å². The first-order valence-electron chi connectivity index (χ1n) is 24.2. The van der Waals surface area contributed by atoms with E-state index in [4.69, 9.17) is 8.83 Å². The monoisotopic (exact) mass is 886 g/mol. The molecular formula is C61H55BN4O2. The molecule has 0 bridgehead atoms. The van der Waals surface area contributed by atoms with Gasteiger partial charge in [-0.25, -0.2) is 0 Å². The summed E-state index contributed by atoms with van der Waals surface area (Å²) < 4.78 is 16.6. The Morgan fingerprint density at radius 3 is 1.75 bits per heavy atom. The summed E-state index contributed by atoms with van der Waals surface area (Å²) >= 11 is 0. The van der Waals surface area contributed by atoms with Gasteiger partial charge in [0.05, 0.1) is 62.1 Å². The Bertz CT molecular complexity index is 3940. The molecule has 0 N–H and O–H groups in total. The van der Waals surface area contributed by atoms with Crippen LogP contribution in [-0.2, 0) is 21.7 Å². The van der Waals surface area contributed by atoms with Gasteiger partial charge in [-0.1, -0.05) is 126 Å². The maximum atomic E-state index is 11.2. The van der Waals surface area contributed by atoms with Crippen LogP contribution in [0.5, 0.6) is 0 Å². The molecule has 3 aromatic heterocycles. The van der Waals surface area contributed by atoms with Crippen LogP contribution in [0.25, 0.3) is 60.4 Å². The molecule has 10 aromatic rings. The molecule has 0 saturated carbocycles. The molecule has 7 heteroatoms. The zero-order chi connectivity index (χ0) is 47.3. The highest BCUT2D eigenvalue weighted by Gasteiger charge is 2.50. The molecule has 68 heavy (non-hydrogen) atoms. The molecule has 334 valence electrons. The van der Waals surface area contributed by atoms with Gasteiger partial charge in [-0.2, -0.15) is 5.26 Å². The van der Waals surface area contributed by atoms with Crippen LogP contribution in [0.1, 0.15) is 111 Å². The summed E-state index contributed by atoms with van der Waals surface area (Å²) in [5, 5.41) is 16.8. The number of rotatable bonds is 1. The van der Waals surface area contributed by atoms with E-state index in [2.05, 4.69) is 207 Å². The minimum atomic E-state index is -0.297. The van der Waals surface area contributed by atoms with Gasteiger partial charge >= 0.3 is 0 Å². The van der Waals surface area contributed by atoms with Crippen molar-refractivity contribution >= 4 is 112 Å². The van der Waals surface area contributed by atoms with E-state index >= 15 is 0 Å². The van der Waals surface area contributed by atoms with E-state index in [0.29, 0.717) is 5.56 Å². The molecule has 3 aliphatic heterocycles. The highest BCUT2D eigenvalue weighted by molar-refractivity contribution is 7.00. The van der Waals surface area contributed by atoms with E-state index in [1.165, 1.54) is 49.5 Å². The molecule has 0 atom stereocenters. The first kappa shape index (κ1) is 41.1. The number of anilines is 6. The number of hydrogen-bond donors (Lipinski definition) is 0. The van der Waals surface area contributed by atoms with Crippen molar-refractivity contribution < 1.29 is 8.83 Å². The van der Waals surface area contributed by atoms with Gasteiger partial charge in [0.2, 0.25) is 0 Å². The number of nitrogens with zero attached hydrogens (tertiary/aromatic N) is 4. The number of aromatic nitrogens is 1. The normalized spacial score (nSPS) is 14.4. The Morgan fingerprint density at radius 2 is 1.06 bits per heavy atom. The van der Waals surface area contributed by atoms with Crippen molar-refractivity contribution in [3.63, 3.8) is 0 Å². The minimum absolute atomic E-state index is 0.0326. The fraction of sp³-hybridized carbons (Fsp3) is 0.262. The maximum Gasteiger partial charge on any atom is 0.297 e. The predicted octanol–water partition coefficient (Wildman–Crippen LogP) is 14.9. The molecule has 13 rings (SSSR count). The molecule has 0 spiro atoms. The number of fused-ring (bicyclic) bond motifs is 14. The lowest BCUT2D eigenvalue weighted by molar-refractivity contribution is 0.589. The summed E-state index contributed by atoms with van der Waals surface area (Å²) in [7, 11) is 0. The zero-order valence-corrected chi connectivity index (χ0v) is 41.2. The van der Waals surface area contributed by atoms with Crippen molar-refractivity contribution in [2.45, 2.75) is 105 Å². The lowest BCUT2D eigenvalue weighted by atomic mass is 9.35. The first-order valence-corrected chi connectivity index (χ1v) is 24.2. The number of para-hydroxylation sites is 1. The third-order valence-electron chi connectivity index (χ3n) is 15.3. The molecule has 6 heterocycles. The van der Waals surface area contributed by atoms with Gasteiger partial charge < -0.3 is 23.2 Å². The van der Waals surface area contributed by atoms with Crippen LogP contribution < -0.4 is 26.4 Å². The van der Waals surface area contributed by atoms with E-state index in [0.717, 1.165) is 83.8 Å². The van der Waals surface area contributed by atoms with Crippen molar-refractivity contribution in [3.8, 4) is 11.8 Å². The molecule has 0 aliphatic carbocycles. The number of hydrogen-bond acceptors (Lipinski definition) is 5. The number of furan rings is 2. The summed E-state index contributed by atoms with van der Waals surface area (Å²) in [5.74, 6) is 0. The van der Waals surface area contributed by atoms with E-state index in [1.807, 2.05) is 12.1 Å². The molecule has 0 unspecified atom stereocenters. The first-order chi connectivity index (χ1) is 32.2. The van der Waals surface area contributed by atoms with Crippen LogP contribution in [0.15, 0.2) is 124 Å². The van der Waals surface area contributed by atoms with Crippen molar-refractivity contribution in [1.82, 2.24) is 4.57 Å². The molecule has 0 radical (unpaired) electrons. The third kappa shape index (κ3) is 5.46. The van der Waals surface area contributed by atoms with Crippen molar-refractivity contribution in [2.24, 2.45) is 0 Å². The Kier molecular flexibility index (Phi) is 7.90. The largest absolute Gasteiger partial charge is 0.468 e. The fourth-order valence-electron chi connectivity index (χ4n) is 11.6. The highest BCUT2D eigenvalue weighted by atomic mass is 16.3. The van der Waals surface area contributed by atoms with Crippen LogP contribution in [0, 0.1) is 11.3 Å². The minimum Gasteiger partial charge on any atom is -0.468 e. The van der Waals surface area contributed by atoms with E-state index in [1.54, 1.807) is 0 Å². The van der Waals surface area contributed by atoms with Gasteiger partial charge in [0.25, 0.3) is 6.71 Å². The summed E-state index contributed by atoms with van der Waals surface area (Å²) in [5.41, 5.74) is 20.6. The second-order valence-electron chi connectivity index (χ2n) is 23.8. The Labute approximate surface area is 398 Å². The Balaban J connectivity index is 1.24. The van der Waals surface area contributed by atoms with Gasteiger partial charge in [0, 0.05) is 32.9 Å². The predicted molar refractivity (Wildman–Crippen MR) is 285 cm³/mol. The highest BCUT2D eigenvalue weighted by Crippen LogP contribution is 2.56. The lowest BCUT2D eigenvalue weighted by Crippen LogP contribution is -2.61. The average Bonchev–Trinajstić information content (AvgIpc) is 3.97. The van der Waals surface area contributed by atoms with Gasteiger partial charge in [-0.3, -0.25) is 0 Å². The van der Waals surface area contributed by atoms with Gasteiger partial charge in [0.15, 0.2) is 0 Å². The topological polar surface area (TPSA) is 61.5 Å². The second-order valence-corrected chi connectivity index (χ2v) is 23.8. The molecule has 6 nitrogen and oxygen atoms in total. The quantitative estimate of drug-likeness (QED) is 0.154. The van der Waals surface area contributed by atoms with E-state index in [9.17, 15) is 5.26 Å². The molecule has 0 fully saturated rings. The smallest absolute Gasteiger partial charge is 0.297 e. The van der Waals surface area contributed by atoms with E-state index < -0.39 is 0 Å². The summed E-state index contributed by atoms with van der Waals surface area (Å²) in [6.45, 7) is 27.3. The number of nitriles is 1. The fourth-order valence-corrected chi connectivity index (χ4v) is 11.6. The summed E-state index contributed by atoms with van der Waals surface area (Å²) in [4.78, 5) is 4.93. The Morgan fingerprint density at radius 1 is 0.471 bits per heavy atom. The van der Waals surface area contributed by atoms with Crippen molar-refractivity contribution in [2.75, 3.05) is 9.80 Å².